The minimum atomic E-state index is -0.583. The number of nitrogens with zero attached hydrogens (tertiary/aromatic N) is 1. The van der Waals surface area contributed by atoms with E-state index in [9.17, 15) is 9.18 Å². The Morgan fingerprint density at radius 1 is 1.33 bits per heavy atom. The van der Waals surface area contributed by atoms with Crippen molar-refractivity contribution in [1.82, 2.24) is 0 Å². The molecule has 0 unspecified atom stereocenters. The molecule has 0 aliphatic carbocycles. The fourth-order valence-electron chi connectivity index (χ4n) is 1.62. The second kappa shape index (κ2) is 6.73. The summed E-state index contributed by atoms with van der Waals surface area (Å²) in [5.41, 5.74) is 0.737. The Hall–Kier alpha value is -2.58. The van der Waals surface area contributed by atoms with E-state index < -0.39 is 11.7 Å². The molecule has 0 atom stereocenters. The van der Waals surface area contributed by atoms with Gasteiger partial charge < -0.3 is 10.1 Å². The molecule has 0 heterocycles. The fraction of sp³-hybridized carbons (Fsp3) is 0.0667. The van der Waals surface area contributed by atoms with Crippen molar-refractivity contribution < 1.29 is 13.9 Å². The largest absolute Gasteiger partial charge is 0.479 e. The summed E-state index contributed by atoms with van der Waals surface area (Å²) in [5, 5.41) is 11.0. The molecule has 1 amide bonds. The van der Waals surface area contributed by atoms with E-state index in [0.717, 1.165) is 6.07 Å². The van der Waals surface area contributed by atoms with E-state index in [1.54, 1.807) is 24.3 Å². The van der Waals surface area contributed by atoms with Gasteiger partial charge in [-0.05, 0) is 30.3 Å². The molecule has 4 nitrogen and oxygen atoms in total. The van der Waals surface area contributed by atoms with Crippen LogP contribution in [0.5, 0.6) is 5.75 Å². The monoisotopic (exact) mass is 304 g/mol. The van der Waals surface area contributed by atoms with Gasteiger partial charge in [0.15, 0.2) is 6.61 Å². The summed E-state index contributed by atoms with van der Waals surface area (Å²) >= 11 is 5.64. The van der Waals surface area contributed by atoms with Gasteiger partial charge in [0.25, 0.3) is 5.91 Å². The lowest BCUT2D eigenvalue weighted by Gasteiger charge is -2.08. The Morgan fingerprint density at radius 3 is 2.86 bits per heavy atom. The van der Waals surface area contributed by atoms with E-state index in [2.05, 4.69) is 5.32 Å². The van der Waals surface area contributed by atoms with Crippen LogP contribution in [-0.2, 0) is 0 Å². The molecule has 0 saturated heterocycles. The number of hydrogen-bond acceptors (Lipinski definition) is 3. The highest BCUT2D eigenvalue weighted by molar-refractivity contribution is 6.31. The Kier molecular flexibility index (Phi) is 4.75. The molecular formula is C15H10ClFN2O2. The number of nitriles is 1. The van der Waals surface area contributed by atoms with Gasteiger partial charge in [0.05, 0.1) is 5.02 Å². The molecule has 0 aromatic heterocycles. The zero-order valence-corrected chi connectivity index (χ0v) is 11.5. The van der Waals surface area contributed by atoms with Crippen LogP contribution in [0.25, 0.3) is 0 Å². The van der Waals surface area contributed by atoms with Crippen molar-refractivity contribution in [2.24, 2.45) is 0 Å². The number of carbonyl (C=O) groups excluding carboxylic acids is 1. The molecule has 0 spiro atoms. The van der Waals surface area contributed by atoms with Crippen molar-refractivity contribution in [3.05, 3.63) is 58.9 Å². The Morgan fingerprint density at radius 2 is 2.14 bits per heavy atom. The number of rotatable bonds is 4. The first-order chi connectivity index (χ1) is 10.1. The van der Waals surface area contributed by atoms with Crippen molar-refractivity contribution in [1.29, 1.82) is 5.26 Å². The zero-order chi connectivity index (χ0) is 15.2. The number of hydrogen-bond donors (Lipinski definition) is 1. The normalized spacial score (nSPS) is 9.76. The third-order valence-electron chi connectivity index (χ3n) is 2.58. The second-order valence-corrected chi connectivity index (χ2v) is 4.46. The highest BCUT2D eigenvalue weighted by atomic mass is 35.5. The van der Waals surface area contributed by atoms with E-state index >= 15 is 0 Å². The van der Waals surface area contributed by atoms with Gasteiger partial charge in [-0.25, -0.2) is 4.39 Å². The standard InChI is InChI=1S/C15H10ClFN2O2/c16-13-8-10(4-5-14(13)17)15(20)19-11-2-1-3-12(9-11)21-7-6-18/h1-5,8-9H,7H2,(H,19,20). The highest BCUT2D eigenvalue weighted by Crippen LogP contribution is 2.20. The lowest BCUT2D eigenvalue weighted by molar-refractivity contribution is 0.102. The molecule has 6 heteroatoms. The first-order valence-corrected chi connectivity index (χ1v) is 6.34. The van der Waals surface area contributed by atoms with Gasteiger partial charge in [-0.2, -0.15) is 5.26 Å². The number of amides is 1. The van der Waals surface area contributed by atoms with Crippen LogP contribution in [0.1, 0.15) is 10.4 Å². The molecule has 0 saturated carbocycles. The topological polar surface area (TPSA) is 62.1 Å². The minimum absolute atomic E-state index is 0.0784. The van der Waals surface area contributed by atoms with Gasteiger partial charge >= 0.3 is 0 Å². The van der Waals surface area contributed by atoms with E-state index in [1.165, 1.54) is 12.1 Å². The molecule has 0 bridgehead atoms. The molecule has 2 rings (SSSR count). The summed E-state index contributed by atoms with van der Waals surface area (Å²) < 4.78 is 18.2. The SMILES string of the molecule is N#CCOc1cccc(NC(=O)c2ccc(F)c(Cl)c2)c1. The molecule has 0 radical (unpaired) electrons. The van der Waals surface area contributed by atoms with E-state index in [4.69, 9.17) is 21.6 Å². The summed E-state index contributed by atoms with van der Waals surface area (Å²) in [5.74, 6) is -0.541. The summed E-state index contributed by atoms with van der Waals surface area (Å²) in [7, 11) is 0. The molecule has 106 valence electrons. The first-order valence-electron chi connectivity index (χ1n) is 5.96. The third kappa shape index (κ3) is 3.94. The fourth-order valence-corrected chi connectivity index (χ4v) is 1.80. The van der Waals surface area contributed by atoms with E-state index in [-0.39, 0.29) is 17.2 Å². The summed E-state index contributed by atoms with van der Waals surface area (Å²) in [4.78, 5) is 12.0. The van der Waals surface area contributed by atoms with Gasteiger partial charge in [-0.3, -0.25) is 4.79 Å². The summed E-state index contributed by atoms with van der Waals surface area (Å²) in [6.45, 7) is -0.0784. The van der Waals surface area contributed by atoms with Crippen molar-refractivity contribution >= 4 is 23.2 Å². The number of carbonyl (C=O) groups is 1. The number of anilines is 1. The van der Waals surface area contributed by atoms with Crippen molar-refractivity contribution in [2.45, 2.75) is 0 Å². The minimum Gasteiger partial charge on any atom is -0.479 e. The first kappa shape index (κ1) is 14.8. The molecule has 2 aromatic rings. The third-order valence-corrected chi connectivity index (χ3v) is 2.87. The van der Waals surface area contributed by atoms with Gasteiger partial charge in [-0.15, -0.1) is 0 Å². The zero-order valence-electron chi connectivity index (χ0n) is 10.8. The maximum atomic E-state index is 13.1. The summed E-state index contributed by atoms with van der Waals surface area (Å²) in [6, 6.07) is 12.2. The van der Waals surface area contributed by atoms with Crippen LogP contribution in [0, 0.1) is 17.1 Å². The lowest BCUT2D eigenvalue weighted by Crippen LogP contribution is -2.12. The predicted molar refractivity (Wildman–Crippen MR) is 76.9 cm³/mol. The summed E-state index contributed by atoms with van der Waals surface area (Å²) in [6.07, 6.45) is 0. The van der Waals surface area contributed by atoms with Gasteiger partial charge in [0, 0.05) is 17.3 Å². The smallest absolute Gasteiger partial charge is 0.255 e. The molecule has 21 heavy (non-hydrogen) atoms. The maximum Gasteiger partial charge on any atom is 0.255 e. The molecule has 0 fully saturated rings. The van der Waals surface area contributed by atoms with Gasteiger partial charge in [0.2, 0.25) is 0 Å². The Bertz CT molecular complexity index is 713. The highest BCUT2D eigenvalue weighted by Gasteiger charge is 2.09. The van der Waals surface area contributed by atoms with Crippen molar-refractivity contribution in [3.8, 4) is 11.8 Å². The Balaban J connectivity index is 2.12. The van der Waals surface area contributed by atoms with E-state index in [0.29, 0.717) is 11.4 Å². The predicted octanol–water partition coefficient (Wildman–Crippen LogP) is 3.63. The lowest BCUT2D eigenvalue weighted by atomic mass is 10.2. The number of benzene rings is 2. The van der Waals surface area contributed by atoms with Crippen LogP contribution < -0.4 is 10.1 Å². The van der Waals surface area contributed by atoms with Crippen LogP contribution in [0.3, 0.4) is 0 Å². The number of ether oxygens (including phenoxy) is 1. The number of halogens is 2. The number of nitrogens with one attached hydrogen (secondary N) is 1. The quantitative estimate of drug-likeness (QED) is 0.938. The van der Waals surface area contributed by atoms with E-state index in [1.807, 2.05) is 6.07 Å². The molecule has 2 aromatic carbocycles. The molecule has 0 aliphatic rings. The van der Waals surface area contributed by atoms with Crippen molar-refractivity contribution in [2.75, 3.05) is 11.9 Å². The van der Waals surface area contributed by atoms with Crippen LogP contribution in [-0.4, -0.2) is 12.5 Å². The average Bonchev–Trinajstić information content (AvgIpc) is 2.48. The maximum absolute atomic E-state index is 13.1. The van der Waals surface area contributed by atoms with Crippen LogP contribution >= 0.6 is 11.6 Å². The van der Waals surface area contributed by atoms with Gasteiger partial charge in [-0.1, -0.05) is 17.7 Å². The van der Waals surface area contributed by atoms with Crippen LogP contribution in [0.4, 0.5) is 10.1 Å². The van der Waals surface area contributed by atoms with Crippen molar-refractivity contribution in [3.63, 3.8) is 0 Å². The van der Waals surface area contributed by atoms with Gasteiger partial charge in [0.1, 0.15) is 17.6 Å². The molecular weight excluding hydrogens is 295 g/mol. The molecule has 1 N–H and O–H groups in total. The average molecular weight is 305 g/mol. The second-order valence-electron chi connectivity index (χ2n) is 4.06. The van der Waals surface area contributed by atoms with Crippen LogP contribution in [0.2, 0.25) is 5.02 Å². The van der Waals surface area contributed by atoms with Crippen LogP contribution in [0.15, 0.2) is 42.5 Å². The molecule has 0 aliphatic heterocycles. The Labute approximate surface area is 125 Å².